The number of amides is 1. The molecule has 2 saturated heterocycles. The lowest BCUT2D eigenvalue weighted by atomic mass is 9.99. The molecule has 86 valence electrons. The molecule has 2 fully saturated rings. The molecule has 4 nitrogen and oxygen atoms in total. The van der Waals surface area contributed by atoms with Gasteiger partial charge in [0.1, 0.15) is 0 Å². The second-order valence-electron chi connectivity index (χ2n) is 4.47. The molecule has 15 heavy (non-hydrogen) atoms. The molecular formula is C11H20N2O2. The monoisotopic (exact) mass is 212 g/mol. The van der Waals surface area contributed by atoms with Crippen molar-refractivity contribution in [2.45, 2.75) is 39.0 Å². The molecule has 0 aromatic carbocycles. The van der Waals surface area contributed by atoms with Gasteiger partial charge in [-0.1, -0.05) is 6.92 Å². The van der Waals surface area contributed by atoms with Gasteiger partial charge >= 0.3 is 0 Å². The van der Waals surface area contributed by atoms with E-state index < -0.39 is 0 Å². The summed E-state index contributed by atoms with van der Waals surface area (Å²) in [4.78, 5) is 13.5. The van der Waals surface area contributed by atoms with Crippen molar-refractivity contribution >= 4 is 5.91 Å². The van der Waals surface area contributed by atoms with E-state index in [0.717, 1.165) is 26.0 Å². The molecule has 0 aromatic heterocycles. The Morgan fingerprint density at radius 1 is 1.60 bits per heavy atom. The van der Waals surface area contributed by atoms with Crippen LogP contribution in [-0.4, -0.2) is 42.8 Å². The minimum absolute atomic E-state index is 0.190. The fraction of sp³-hybridized carbons (Fsp3) is 0.909. The average Bonchev–Trinajstić information content (AvgIpc) is 2.79. The number of carbonyl (C=O) groups is 1. The first-order chi connectivity index (χ1) is 7.22. The van der Waals surface area contributed by atoms with Crippen molar-refractivity contribution in [2.75, 3.05) is 19.7 Å². The number of nitrogens with one attached hydrogen (secondary N) is 1. The summed E-state index contributed by atoms with van der Waals surface area (Å²) in [5, 5.41) is 3.16. The van der Waals surface area contributed by atoms with Crippen molar-refractivity contribution < 1.29 is 9.53 Å². The van der Waals surface area contributed by atoms with E-state index in [9.17, 15) is 4.79 Å². The van der Waals surface area contributed by atoms with Crippen LogP contribution < -0.4 is 5.32 Å². The van der Waals surface area contributed by atoms with Crippen LogP contribution in [0.3, 0.4) is 0 Å². The lowest BCUT2D eigenvalue weighted by Crippen LogP contribution is -2.40. The van der Waals surface area contributed by atoms with Crippen LogP contribution in [0, 0.1) is 5.92 Å². The topological polar surface area (TPSA) is 41.6 Å². The van der Waals surface area contributed by atoms with Gasteiger partial charge in [0.15, 0.2) is 0 Å². The molecular weight excluding hydrogens is 192 g/mol. The van der Waals surface area contributed by atoms with E-state index in [0.29, 0.717) is 18.6 Å². The predicted molar refractivity (Wildman–Crippen MR) is 57.3 cm³/mol. The summed E-state index contributed by atoms with van der Waals surface area (Å²) in [5.41, 5.74) is 0. The van der Waals surface area contributed by atoms with Crippen LogP contribution in [0.4, 0.5) is 0 Å². The molecule has 0 spiro atoms. The maximum absolute atomic E-state index is 11.6. The molecule has 2 aliphatic rings. The van der Waals surface area contributed by atoms with Gasteiger partial charge in [0, 0.05) is 19.1 Å². The van der Waals surface area contributed by atoms with Crippen molar-refractivity contribution in [3.63, 3.8) is 0 Å². The summed E-state index contributed by atoms with van der Waals surface area (Å²) < 4.78 is 5.64. The number of hydrogen-bond acceptors (Lipinski definition) is 3. The zero-order valence-electron chi connectivity index (χ0n) is 9.53. The van der Waals surface area contributed by atoms with E-state index in [1.807, 2.05) is 11.8 Å². The summed E-state index contributed by atoms with van der Waals surface area (Å²) in [6.45, 7) is 6.39. The molecule has 2 aliphatic heterocycles. The van der Waals surface area contributed by atoms with Crippen LogP contribution in [0.1, 0.15) is 26.7 Å². The van der Waals surface area contributed by atoms with Crippen LogP contribution in [0.25, 0.3) is 0 Å². The molecule has 2 heterocycles. The van der Waals surface area contributed by atoms with Gasteiger partial charge in [0.2, 0.25) is 5.91 Å². The molecule has 2 rings (SSSR count). The predicted octanol–water partition coefficient (Wildman–Crippen LogP) is 0.579. The molecule has 0 saturated carbocycles. The summed E-state index contributed by atoms with van der Waals surface area (Å²) in [6.07, 6.45) is 2.69. The molecule has 3 unspecified atom stereocenters. The lowest BCUT2D eigenvalue weighted by Gasteiger charge is -2.26. The van der Waals surface area contributed by atoms with Gasteiger partial charge in [0.05, 0.1) is 18.8 Å². The van der Waals surface area contributed by atoms with Crippen molar-refractivity contribution in [3.8, 4) is 0 Å². The molecule has 0 aliphatic carbocycles. The molecule has 4 heteroatoms. The highest BCUT2D eigenvalue weighted by Gasteiger charge is 2.34. The normalized spacial score (nSPS) is 36.5. The van der Waals surface area contributed by atoms with Crippen LogP contribution in [-0.2, 0) is 9.53 Å². The molecule has 0 aromatic rings. The van der Waals surface area contributed by atoms with Crippen LogP contribution >= 0.6 is 0 Å². The molecule has 0 radical (unpaired) electrons. The van der Waals surface area contributed by atoms with Crippen LogP contribution in [0.15, 0.2) is 0 Å². The number of nitrogens with zero attached hydrogens (tertiary/aromatic N) is 1. The van der Waals surface area contributed by atoms with Gasteiger partial charge in [-0.2, -0.15) is 0 Å². The number of carbonyl (C=O) groups excluding carboxylic acids is 1. The lowest BCUT2D eigenvalue weighted by molar-refractivity contribution is -0.128. The molecule has 1 amide bonds. The summed E-state index contributed by atoms with van der Waals surface area (Å²) in [7, 11) is 0. The van der Waals surface area contributed by atoms with E-state index >= 15 is 0 Å². The van der Waals surface area contributed by atoms with Gasteiger partial charge in [-0.15, -0.1) is 0 Å². The zero-order chi connectivity index (χ0) is 10.8. The molecule has 0 bridgehead atoms. The quantitative estimate of drug-likeness (QED) is 0.744. The first-order valence-corrected chi connectivity index (χ1v) is 5.86. The Balaban J connectivity index is 1.92. The summed E-state index contributed by atoms with van der Waals surface area (Å²) >= 11 is 0. The Hall–Kier alpha value is -0.610. The highest BCUT2D eigenvalue weighted by molar-refractivity contribution is 5.80. The zero-order valence-corrected chi connectivity index (χ0v) is 9.53. The second kappa shape index (κ2) is 4.49. The van der Waals surface area contributed by atoms with Gasteiger partial charge in [-0.05, 0) is 19.8 Å². The van der Waals surface area contributed by atoms with Gasteiger partial charge in [-0.25, -0.2) is 0 Å². The Kier molecular flexibility index (Phi) is 3.26. The van der Waals surface area contributed by atoms with E-state index in [2.05, 4.69) is 12.2 Å². The molecule has 3 atom stereocenters. The fourth-order valence-corrected chi connectivity index (χ4v) is 2.53. The minimum Gasteiger partial charge on any atom is -0.378 e. The van der Waals surface area contributed by atoms with Crippen molar-refractivity contribution in [3.05, 3.63) is 0 Å². The standard InChI is InChI=1S/C11H20N2O2/c1-3-10-9(4-5-15-10)7-13-8(2)12-6-11(13)14/h8-10,12H,3-7H2,1-2H3. The van der Waals surface area contributed by atoms with Crippen molar-refractivity contribution in [1.82, 2.24) is 10.2 Å². The average molecular weight is 212 g/mol. The van der Waals surface area contributed by atoms with Crippen molar-refractivity contribution in [2.24, 2.45) is 5.92 Å². The van der Waals surface area contributed by atoms with Gasteiger partial charge in [-0.3, -0.25) is 10.1 Å². The highest BCUT2D eigenvalue weighted by Crippen LogP contribution is 2.25. The van der Waals surface area contributed by atoms with E-state index in [1.165, 1.54) is 0 Å². The maximum Gasteiger partial charge on any atom is 0.237 e. The van der Waals surface area contributed by atoms with Crippen LogP contribution in [0.5, 0.6) is 0 Å². The minimum atomic E-state index is 0.190. The largest absolute Gasteiger partial charge is 0.378 e. The third-order valence-corrected chi connectivity index (χ3v) is 3.52. The smallest absolute Gasteiger partial charge is 0.237 e. The third-order valence-electron chi connectivity index (χ3n) is 3.52. The maximum atomic E-state index is 11.6. The number of rotatable bonds is 3. The van der Waals surface area contributed by atoms with E-state index in [1.54, 1.807) is 0 Å². The SMILES string of the molecule is CCC1OCCC1CN1C(=O)CNC1C. The highest BCUT2D eigenvalue weighted by atomic mass is 16.5. The first-order valence-electron chi connectivity index (χ1n) is 5.86. The van der Waals surface area contributed by atoms with E-state index in [4.69, 9.17) is 4.74 Å². The van der Waals surface area contributed by atoms with Crippen molar-refractivity contribution in [1.29, 1.82) is 0 Å². The number of hydrogen-bond donors (Lipinski definition) is 1. The Bertz CT molecular complexity index is 245. The second-order valence-corrected chi connectivity index (χ2v) is 4.47. The fourth-order valence-electron chi connectivity index (χ4n) is 2.53. The third kappa shape index (κ3) is 2.16. The van der Waals surface area contributed by atoms with Gasteiger partial charge in [0.25, 0.3) is 0 Å². The number of ether oxygens (including phenoxy) is 1. The summed E-state index contributed by atoms with van der Waals surface area (Å²) in [5.74, 6) is 0.755. The summed E-state index contributed by atoms with van der Waals surface area (Å²) in [6, 6.07) is 0. The molecule has 1 N–H and O–H groups in total. The first kappa shape index (κ1) is 10.9. The van der Waals surface area contributed by atoms with Gasteiger partial charge < -0.3 is 9.64 Å². The Labute approximate surface area is 91.0 Å². The van der Waals surface area contributed by atoms with E-state index in [-0.39, 0.29) is 12.1 Å². The Morgan fingerprint density at radius 3 is 3.00 bits per heavy atom. The Morgan fingerprint density at radius 2 is 2.40 bits per heavy atom. The van der Waals surface area contributed by atoms with Crippen LogP contribution in [0.2, 0.25) is 0 Å².